The molecule has 0 aromatic rings. The number of nitrogens with one attached hydrogen (secondary N) is 1. The predicted octanol–water partition coefficient (Wildman–Crippen LogP) is 2.49. The molecule has 0 aliphatic carbocycles. The quantitative estimate of drug-likeness (QED) is 0.291. The zero-order valence-electron chi connectivity index (χ0n) is 11.8. The van der Waals surface area contributed by atoms with E-state index in [0.29, 0.717) is 23.1 Å². The highest BCUT2D eigenvalue weighted by Crippen LogP contribution is 2.08. The maximum absolute atomic E-state index is 10.4. The predicted molar refractivity (Wildman–Crippen MR) is 81.1 cm³/mol. The van der Waals surface area contributed by atoms with E-state index in [-0.39, 0.29) is 0 Å². The molecule has 116 valence electrons. The third-order valence-corrected chi connectivity index (χ3v) is 4.78. The van der Waals surface area contributed by atoms with Gasteiger partial charge < -0.3 is 10.1 Å². The lowest BCUT2D eigenvalue weighted by atomic mass is 10.1. The number of hydrogen-bond acceptors (Lipinski definition) is 5. The molecule has 0 radical (unpaired) electrons. The third kappa shape index (κ3) is 18.2. The van der Waals surface area contributed by atoms with Crippen molar-refractivity contribution in [3.63, 3.8) is 0 Å². The van der Waals surface area contributed by atoms with Gasteiger partial charge in [-0.05, 0) is 30.2 Å². The van der Waals surface area contributed by atoms with Crippen LogP contribution in [0.3, 0.4) is 0 Å². The molecule has 0 aliphatic rings. The molecule has 2 N–H and O–H groups in total. The summed E-state index contributed by atoms with van der Waals surface area (Å²) in [5.41, 5.74) is 0. The van der Waals surface area contributed by atoms with Gasteiger partial charge in [-0.25, -0.2) is 0 Å². The van der Waals surface area contributed by atoms with Gasteiger partial charge >= 0.3 is 9.15 Å². The first kappa shape index (κ1) is 19.2. The van der Waals surface area contributed by atoms with Crippen molar-refractivity contribution in [2.45, 2.75) is 44.9 Å². The van der Waals surface area contributed by atoms with Crippen molar-refractivity contribution >= 4 is 19.9 Å². The number of methoxy groups -OCH3 is 1. The second-order valence-corrected chi connectivity index (χ2v) is 7.94. The van der Waals surface area contributed by atoms with Crippen LogP contribution in [-0.2, 0) is 13.9 Å². The molecule has 0 aromatic heterocycles. The first-order valence-corrected chi connectivity index (χ1v) is 9.82. The second-order valence-electron chi connectivity index (χ2n) is 4.47. The first-order chi connectivity index (χ1) is 9.06. The molecular weight excluding hydrogens is 286 g/mol. The molecule has 0 aliphatic heterocycles. The molecule has 0 amide bonds. The molecule has 0 bridgehead atoms. The number of unbranched alkanes of at least 4 members (excludes halogenated alkanes) is 6. The summed E-state index contributed by atoms with van der Waals surface area (Å²) in [6.07, 6.45) is 8.55. The van der Waals surface area contributed by atoms with Crippen molar-refractivity contribution < 1.29 is 17.7 Å². The molecule has 7 heteroatoms. The number of ether oxygens (including phenoxy) is 1. The molecule has 0 fully saturated rings. The van der Waals surface area contributed by atoms with Crippen molar-refractivity contribution in [2.24, 2.45) is 0 Å². The van der Waals surface area contributed by atoms with Gasteiger partial charge in [0.2, 0.25) is 0 Å². The van der Waals surface area contributed by atoms with Gasteiger partial charge in [0.25, 0.3) is 0 Å². The van der Waals surface area contributed by atoms with Crippen LogP contribution in [0.15, 0.2) is 0 Å². The van der Waals surface area contributed by atoms with Crippen molar-refractivity contribution in [2.75, 3.05) is 32.6 Å². The minimum atomic E-state index is -3.87. The summed E-state index contributed by atoms with van der Waals surface area (Å²) in [7, 11) is -1.56. The Labute approximate surface area is 121 Å². The van der Waals surface area contributed by atoms with Crippen LogP contribution in [0, 0.1) is 0 Å². The average molecular weight is 313 g/mol. The van der Waals surface area contributed by atoms with Crippen molar-refractivity contribution in [1.82, 2.24) is 5.32 Å². The van der Waals surface area contributed by atoms with E-state index in [1.54, 1.807) is 7.11 Å². The van der Waals surface area contributed by atoms with E-state index in [2.05, 4.69) is 5.32 Å². The zero-order chi connectivity index (χ0) is 14.4. The largest absolute Gasteiger partial charge is 0.385 e. The fourth-order valence-corrected chi connectivity index (χ4v) is 3.04. The van der Waals surface area contributed by atoms with E-state index in [9.17, 15) is 8.42 Å². The smallest absolute Gasteiger partial charge is 0.319 e. The Morgan fingerprint density at radius 1 is 1.00 bits per heavy atom. The lowest BCUT2D eigenvalue weighted by Crippen LogP contribution is -2.18. The van der Waals surface area contributed by atoms with Gasteiger partial charge in [-0.15, -0.1) is 0 Å². The van der Waals surface area contributed by atoms with Crippen LogP contribution in [-0.4, -0.2) is 45.5 Å². The molecule has 0 atom stereocenters. The third-order valence-electron chi connectivity index (χ3n) is 2.71. The lowest BCUT2D eigenvalue weighted by molar-refractivity contribution is 0.192. The van der Waals surface area contributed by atoms with E-state index < -0.39 is 9.15 Å². The Bertz CT molecular complexity index is 283. The number of hydrogen-bond donors (Lipinski definition) is 2. The summed E-state index contributed by atoms with van der Waals surface area (Å²) in [6, 6.07) is 0. The van der Waals surface area contributed by atoms with E-state index in [4.69, 9.17) is 9.29 Å². The topological polar surface area (TPSA) is 75.6 Å². The Morgan fingerprint density at radius 2 is 1.58 bits per heavy atom. The highest BCUT2D eigenvalue weighted by molar-refractivity contribution is 8.69. The van der Waals surface area contributed by atoms with Crippen molar-refractivity contribution in [3.05, 3.63) is 0 Å². The van der Waals surface area contributed by atoms with Crippen LogP contribution < -0.4 is 5.32 Å². The fourth-order valence-electron chi connectivity index (χ4n) is 1.72. The summed E-state index contributed by atoms with van der Waals surface area (Å²) >= 11 is 0. The monoisotopic (exact) mass is 313 g/mol. The van der Waals surface area contributed by atoms with Crippen LogP contribution >= 0.6 is 10.8 Å². The maximum Gasteiger partial charge on any atom is 0.319 e. The molecule has 0 spiro atoms. The molecule has 19 heavy (non-hydrogen) atoms. The molecular formula is C12H27NO4S2. The fraction of sp³-hybridized carbons (Fsp3) is 1.00. The summed E-state index contributed by atoms with van der Waals surface area (Å²) in [5, 5.41) is 3.16. The molecule has 5 nitrogen and oxygen atoms in total. The van der Waals surface area contributed by atoms with Crippen LogP contribution in [0.25, 0.3) is 0 Å². The Morgan fingerprint density at radius 3 is 2.16 bits per heavy atom. The van der Waals surface area contributed by atoms with Crippen LogP contribution in [0.1, 0.15) is 44.9 Å². The zero-order valence-corrected chi connectivity index (χ0v) is 13.4. The van der Waals surface area contributed by atoms with Gasteiger partial charge in [0, 0.05) is 26.0 Å². The molecule has 0 heterocycles. The highest BCUT2D eigenvalue weighted by atomic mass is 33.1. The van der Waals surface area contributed by atoms with Crippen LogP contribution in [0.5, 0.6) is 0 Å². The lowest BCUT2D eigenvalue weighted by Gasteiger charge is -2.04. The van der Waals surface area contributed by atoms with Crippen molar-refractivity contribution in [3.8, 4) is 0 Å². The van der Waals surface area contributed by atoms with Gasteiger partial charge in [0.1, 0.15) is 0 Å². The number of rotatable bonds is 14. The second kappa shape index (κ2) is 13.2. The summed E-state index contributed by atoms with van der Waals surface area (Å²) in [5.74, 6) is 0.387. The minimum absolute atomic E-state index is 0.387. The molecule has 0 aromatic carbocycles. The Kier molecular flexibility index (Phi) is 13.3. The highest BCUT2D eigenvalue weighted by Gasteiger charge is 2.03. The van der Waals surface area contributed by atoms with Crippen LogP contribution in [0.4, 0.5) is 0 Å². The summed E-state index contributed by atoms with van der Waals surface area (Å²) in [4.78, 5) is 0. The van der Waals surface area contributed by atoms with Gasteiger partial charge in [0.15, 0.2) is 0 Å². The minimum Gasteiger partial charge on any atom is -0.385 e. The van der Waals surface area contributed by atoms with E-state index in [1.165, 1.54) is 32.1 Å². The molecule has 0 rings (SSSR count). The summed E-state index contributed by atoms with van der Waals surface area (Å²) in [6.45, 7) is 2.39. The first-order valence-electron chi connectivity index (χ1n) is 6.88. The summed E-state index contributed by atoms with van der Waals surface area (Å²) < 4.78 is 34.3. The van der Waals surface area contributed by atoms with Crippen molar-refractivity contribution in [1.29, 1.82) is 0 Å². The van der Waals surface area contributed by atoms with E-state index in [0.717, 1.165) is 26.0 Å². The van der Waals surface area contributed by atoms with Gasteiger partial charge in [-0.2, -0.15) is 8.42 Å². The van der Waals surface area contributed by atoms with Gasteiger partial charge in [-0.3, -0.25) is 4.55 Å². The molecule has 0 saturated carbocycles. The maximum atomic E-state index is 10.4. The van der Waals surface area contributed by atoms with E-state index >= 15 is 0 Å². The SMILES string of the molecule is COCCCCCCCCCNCCSS(=O)(=O)O. The molecule has 0 unspecified atom stereocenters. The standard InChI is InChI=1S/C12H27NO4S2/c1-17-11-8-6-4-2-3-5-7-9-13-10-12-18-19(14,15)16/h13H,2-12H2,1H3,(H,14,15,16). The normalized spacial score (nSPS) is 11.9. The Balaban J connectivity index is 3.03. The molecule has 0 saturated heterocycles. The van der Waals surface area contributed by atoms with E-state index in [1.807, 2.05) is 0 Å². The Hall–Kier alpha value is 0.180. The van der Waals surface area contributed by atoms with Gasteiger partial charge in [0.05, 0.1) is 0 Å². The average Bonchev–Trinajstić information content (AvgIpc) is 2.34. The van der Waals surface area contributed by atoms with Gasteiger partial charge in [-0.1, -0.05) is 32.1 Å². The van der Waals surface area contributed by atoms with Crippen LogP contribution in [0.2, 0.25) is 0 Å².